The number of hydrogen-bond acceptors (Lipinski definition) is 5. The number of benzene rings is 2. The van der Waals surface area contributed by atoms with E-state index < -0.39 is 0 Å². The van der Waals surface area contributed by atoms with E-state index in [0.29, 0.717) is 24.7 Å². The van der Waals surface area contributed by atoms with Crippen LogP contribution in [0.4, 0.5) is 0 Å². The van der Waals surface area contributed by atoms with E-state index in [0.717, 1.165) is 17.0 Å². The molecule has 1 N–H and O–H groups in total. The van der Waals surface area contributed by atoms with Crippen LogP contribution in [-0.2, 0) is 16.8 Å². The maximum Gasteiger partial charge on any atom is 0.230 e. The van der Waals surface area contributed by atoms with Gasteiger partial charge in [0, 0.05) is 12.1 Å². The van der Waals surface area contributed by atoms with E-state index in [1.54, 1.807) is 0 Å². The van der Waals surface area contributed by atoms with E-state index in [-0.39, 0.29) is 17.1 Å². The first-order valence-electron chi connectivity index (χ1n) is 10.2. The molecule has 1 aromatic heterocycles. The third-order valence-electron chi connectivity index (χ3n) is 4.80. The SMILES string of the molecule is CC(C)(C)c1ccc(-c2nnc(SCC(=O)NCCC#N)n2Cc2ccccc2)cc1. The maximum absolute atomic E-state index is 12.1. The topological polar surface area (TPSA) is 83.6 Å². The molecule has 1 amide bonds. The molecule has 3 aromatic rings. The van der Waals surface area contributed by atoms with Crippen LogP contribution >= 0.6 is 11.8 Å². The summed E-state index contributed by atoms with van der Waals surface area (Å²) in [5.41, 5.74) is 3.46. The number of thioether (sulfide) groups is 1. The standard InChI is InChI=1S/C24H27N5OS/c1-24(2,3)20-12-10-19(11-13-20)22-27-28-23(31-17-21(30)26-15-7-14-25)29(22)16-18-8-5-4-6-9-18/h4-6,8-13H,7,15-17H2,1-3H3,(H,26,30). The maximum atomic E-state index is 12.1. The second-order valence-electron chi connectivity index (χ2n) is 8.25. The number of hydrogen-bond donors (Lipinski definition) is 1. The molecule has 0 aliphatic heterocycles. The minimum atomic E-state index is -0.120. The molecule has 0 spiro atoms. The molecule has 2 aromatic carbocycles. The molecule has 0 atom stereocenters. The van der Waals surface area contributed by atoms with Crippen LogP contribution in [0.3, 0.4) is 0 Å². The average molecular weight is 434 g/mol. The van der Waals surface area contributed by atoms with Gasteiger partial charge in [0.1, 0.15) is 0 Å². The van der Waals surface area contributed by atoms with Gasteiger partial charge in [0.2, 0.25) is 5.91 Å². The number of nitrogens with zero attached hydrogens (tertiary/aromatic N) is 4. The monoisotopic (exact) mass is 433 g/mol. The molecule has 6 nitrogen and oxygen atoms in total. The van der Waals surface area contributed by atoms with Gasteiger partial charge in [-0.2, -0.15) is 5.26 Å². The van der Waals surface area contributed by atoms with Gasteiger partial charge in [0.15, 0.2) is 11.0 Å². The molecule has 31 heavy (non-hydrogen) atoms. The molecule has 0 aliphatic rings. The number of carbonyl (C=O) groups excluding carboxylic acids is 1. The highest BCUT2D eigenvalue weighted by Crippen LogP contribution is 2.28. The largest absolute Gasteiger partial charge is 0.354 e. The molecular weight excluding hydrogens is 406 g/mol. The quantitative estimate of drug-likeness (QED) is 0.420. The van der Waals surface area contributed by atoms with Crippen LogP contribution in [0, 0.1) is 11.3 Å². The predicted octanol–water partition coefficient (Wildman–Crippen LogP) is 4.41. The van der Waals surface area contributed by atoms with Crippen molar-refractivity contribution >= 4 is 17.7 Å². The van der Waals surface area contributed by atoms with Crippen LogP contribution in [0.15, 0.2) is 59.8 Å². The van der Waals surface area contributed by atoms with Gasteiger partial charge >= 0.3 is 0 Å². The van der Waals surface area contributed by atoms with Crippen LogP contribution in [0.1, 0.15) is 38.3 Å². The summed E-state index contributed by atoms with van der Waals surface area (Å²) in [6, 6.07) is 20.6. The summed E-state index contributed by atoms with van der Waals surface area (Å²) in [5, 5.41) is 20.9. The lowest BCUT2D eigenvalue weighted by Gasteiger charge is -2.19. The Morgan fingerprint density at radius 3 is 2.45 bits per heavy atom. The zero-order valence-electron chi connectivity index (χ0n) is 18.1. The molecule has 7 heteroatoms. The molecule has 0 fully saturated rings. The zero-order chi connectivity index (χ0) is 22.3. The Balaban J connectivity index is 1.85. The van der Waals surface area contributed by atoms with E-state index in [2.05, 4.69) is 77.3 Å². The third kappa shape index (κ3) is 6.19. The minimum Gasteiger partial charge on any atom is -0.354 e. The highest BCUT2D eigenvalue weighted by Gasteiger charge is 2.18. The lowest BCUT2D eigenvalue weighted by molar-refractivity contribution is -0.118. The smallest absolute Gasteiger partial charge is 0.230 e. The van der Waals surface area contributed by atoms with Crippen LogP contribution in [0.25, 0.3) is 11.4 Å². The first-order chi connectivity index (χ1) is 14.9. The Hall–Kier alpha value is -3.11. The summed E-state index contributed by atoms with van der Waals surface area (Å²) in [5.74, 6) is 0.878. The van der Waals surface area contributed by atoms with Crippen LogP contribution in [0.2, 0.25) is 0 Å². The summed E-state index contributed by atoms with van der Waals surface area (Å²) in [6.07, 6.45) is 0.301. The predicted molar refractivity (Wildman–Crippen MR) is 124 cm³/mol. The fourth-order valence-corrected chi connectivity index (χ4v) is 3.84. The van der Waals surface area contributed by atoms with E-state index in [1.165, 1.54) is 17.3 Å². The molecule has 0 aliphatic carbocycles. The van der Waals surface area contributed by atoms with Gasteiger partial charge < -0.3 is 5.32 Å². The lowest BCUT2D eigenvalue weighted by Crippen LogP contribution is -2.26. The molecule has 3 rings (SSSR count). The Morgan fingerprint density at radius 1 is 1.10 bits per heavy atom. The summed E-state index contributed by atoms with van der Waals surface area (Å²) in [7, 11) is 0. The van der Waals surface area contributed by atoms with E-state index >= 15 is 0 Å². The van der Waals surface area contributed by atoms with E-state index in [1.807, 2.05) is 24.3 Å². The molecule has 0 bridgehead atoms. The van der Waals surface area contributed by atoms with Crippen molar-refractivity contribution < 1.29 is 4.79 Å². The molecule has 0 saturated carbocycles. The number of nitrogens with one attached hydrogen (secondary N) is 1. The molecule has 0 unspecified atom stereocenters. The Morgan fingerprint density at radius 2 is 1.81 bits per heavy atom. The molecule has 0 radical (unpaired) electrons. The van der Waals surface area contributed by atoms with Crippen molar-refractivity contribution in [1.29, 1.82) is 5.26 Å². The van der Waals surface area contributed by atoms with Crippen molar-refractivity contribution in [2.45, 2.75) is 44.3 Å². The normalized spacial score (nSPS) is 11.2. The number of carbonyl (C=O) groups is 1. The van der Waals surface area contributed by atoms with Gasteiger partial charge in [-0.05, 0) is 16.5 Å². The average Bonchev–Trinajstić information content (AvgIpc) is 3.15. The summed E-state index contributed by atoms with van der Waals surface area (Å²) >= 11 is 1.35. The van der Waals surface area contributed by atoms with E-state index in [4.69, 9.17) is 5.26 Å². The molecule has 0 saturated heterocycles. The Bertz CT molecular complexity index is 1050. The number of amides is 1. The van der Waals surface area contributed by atoms with Gasteiger partial charge in [0.05, 0.1) is 24.8 Å². The first-order valence-corrected chi connectivity index (χ1v) is 11.2. The fraction of sp³-hybridized carbons (Fsp3) is 0.333. The van der Waals surface area contributed by atoms with Gasteiger partial charge in [-0.25, -0.2) is 0 Å². The summed E-state index contributed by atoms with van der Waals surface area (Å²) < 4.78 is 2.05. The van der Waals surface area contributed by atoms with Crippen molar-refractivity contribution in [3.8, 4) is 17.5 Å². The number of nitriles is 1. The molecule has 1 heterocycles. The Kier molecular flexibility index (Phi) is 7.48. The third-order valence-corrected chi connectivity index (χ3v) is 5.77. The second-order valence-corrected chi connectivity index (χ2v) is 9.19. The van der Waals surface area contributed by atoms with Crippen LogP contribution < -0.4 is 5.32 Å². The van der Waals surface area contributed by atoms with Crippen LogP contribution in [0.5, 0.6) is 0 Å². The van der Waals surface area contributed by atoms with Gasteiger partial charge in [-0.15, -0.1) is 10.2 Å². The second kappa shape index (κ2) is 10.3. The first kappa shape index (κ1) is 22.6. The minimum absolute atomic E-state index is 0.0795. The number of aromatic nitrogens is 3. The number of rotatable bonds is 8. The Labute approximate surface area is 187 Å². The zero-order valence-corrected chi connectivity index (χ0v) is 18.9. The van der Waals surface area contributed by atoms with Crippen molar-refractivity contribution in [3.05, 3.63) is 65.7 Å². The van der Waals surface area contributed by atoms with Crippen molar-refractivity contribution in [2.24, 2.45) is 0 Å². The van der Waals surface area contributed by atoms with Gasteiger partial charge in [-0.1, -0.05) is 87.1 Å². The molecule has 160 valence electrons. The lowest BCUT2D eigenvalue weighted by atomic mass is 9.87. The summed E-state index contributed by atoms with van der Waals surface area (Å²) in [6.45, 7) is 7.55. The van der Waals surface area contributed by atoms with E-state index in [9.17, 15) is 4.79 Å². The van der Waals surface area contributed by atoms with Crippen molar-refractivity contribution in [3.63, 3.8) is 0 Å². The van der Waals surface area contributed by atoms with Crippen LogP contribution in [-0.4, -0.2) is 33.0 Å². The van der Waals surface area contributed by atoms with Crippen molar-refractivity contribution in [2.75, 3.05) is 12.3 Å². The van der Waals surface area contributed by atoms with Gasteiger partial charge in [-0.3, -0.25) is 9.36 Å². The highest BCUT2D eigenvalue weighted by atomic mass is 32.2. The summed E-state index contributed by atoms with van der Waals surface area (Å²) in [4.78, 5) is 12.1. The highest BCUT2D eigenvalue weighted by molar-refractivity contribution is 7.99. The van der Waals surface area contributed by atoms with Gasteiger partial charge in [0.25, 0.3) is 0 Å². The molecular formula is C24H27N5OS. The van der Waals surface area contributed by atoms with Crippen molar-refractivity contribution in [1.82, 2.24) is 20.1 Å². The fourth-order valence-electron chi connectivity index (χ4n) is 3.08.